The number of halogens is 1. The lowest BCUT2D eigenvalue weighted by atomic mass is 9.58. The third-order valence-electron chi connectivity index (χ3n) is 7.26. The maximum Gasteiger partial charge on any atom is 0.255 e. The van der Waals surface area contributed by atoms with Gasteiger partial charge in [0.2, 0.25) is 5.78 Å². The van der Waals surface area contributed by atoms with Crippen LogP contribution in [0.3, 0.4) is 0 Å². The molecule has 0 saturated heterocycles. The van der Waals surface area contributed by atoms with Gasteiger partial charge in [-0.3, -0.25) is 19.3 Å². The topological polar surface area (TPSA) is 160 Å². The van der Waals surface area contributed by atoms with Crippen LogP contribution in [0.2, 0.25) is 0 Å². The second-order valence-corrected chi connectivity index (χ2v) is 10.8. The summed E-state index contributed by atoms with van der Waals surface area (Å²) in [5.41, 5.74) is 2.90. The van der Waals surface area contributed by atoms with Crippen molar-refractivity contribution >= 4 is 40.1 Å². The van der Waals surface area contributed by atoms with Gasteiger partial charge >= 0.3 is 0 Å². The van der Waals surface area contributed by atoms with E-state index in [0.717, 1.165) is 3.57 Å². The molecule has 0 saturated carbocycles. The summed E-state index contributed by atoms with van der Waals surface area (Å²) in [5, 5.41) is 33.6. The normalized spacial score (nSPS) is 27.0. The van der Waals surface area contributed by atoms with Gasteiger partial charge in [0.15, 0.2) is 11.4 Å². The van der Waals surface area contributed by atoms with Gasteiger partial charge in [-0.1, -0.05) is 6.58 Å². The predicted molar refractivity (Wildman–Crippen MR) is 140 cm³/mol. The second-order valence-electron chi connectivity index (χ2n) is 9.62. The van der Waals surface area contributed by atoms with Crippen molar-refractivity contribution in [1.29, 1.82) is 0 Å². The highest BCUT2D eigenvalue weighted by molar-refractivity contribution is 14.1. The Balaban J connectivity index is 1.90. The molecule has 3 aliphatic rings. The summed E-state index contributed by atoms with van der Waals surface area (Å²) in [5.74, 6) is -5.35. The van der Waals surface area contributed by atoms with E-state index in [1.807, 2.05) is 0 Å². The maximum absolute atomic E-state index is 13.7. The van der Waals surface area contributed by atoms with Crippen LogP contribution in [0, 0.1) is 15.4 Å². The zero-order valence-corrected chi connectivity index (χ0v) is 22.9. The van der Waals surface area contributed by atoms with E-state index >= 15 is 0 Å². The Morgan fingerprint density at radius 3 is 2.57 bits per heavy atom. The van der Waals surface area contributed by atoms with E-state index in [1.54, 1.807) is 32.0 Å². The van der Waals surface area contributed by atoms with Crippen LogP contribution in [0.15, 0.2) is 47.1 Å². The summed E-state index contributed by atoms with van der Waals surface area (Å²) in [7, 11) is 3.36. The van der Waals surface area contributed by atoms with Crippen molar-refractivity contribution in [3.63, 3.8) is 0 Å². The Morgan fingerprint density at radius 2 is 1.97 bits per heavy atom. The molecular formula is C26H29IN2O8. The number of nitrogens with zero attached hydrogens (tertiary/aromatic N) is 1. The molecule has 0 bridgehead atoms. The van der Waals surface area contributed by atoms with Gasteiger partial charge in [-0.25, -0.2) is 0 Å². The first-order valence-electron chi connectivity index (χ1n) is 11.8. The van der Waals surface area contributed by atoms with Crippen molar-refractivity contribution in [1.82, 2.24) is 4.90 Å². The maximum atomic E-state index is 13.7. The standard InChI is InChI=1S/C26H29IN2O8/c1-5-36-11(2)10-37-22-19(25(28)34)24(33)26(35)14(20(22)29(3)4)9-12-8-13-15(27)6-7-16(30)18(13)21(31)17(12)23(26)32/h6-7,12,14,20,30,32,35H,2,5,8-10H2,1,3-4H3,(H2,28,34)/t12-,14-,20-,26-/m0/s1. The summed E-state index contributed by atoms with van der Waals surface area (Å²) in [6.07, 6.45) is 0.421. The van der Waals surface area contributed by atoms with Crippen LogP contribution in [0.25, 0.3) is 0 Å². The lowest BCUT2D eigenvalue weighted by Crippen LogP contribution is -2.64. The van der Waals surface area contributed by atoms with E-state index in [-0.39, 0.29) is 41.4 Å². The number of nitrogens with two attached hydrogens (primary N) is 1. The zero-order valence-electron chi connectivity index (χ0n) is 20.7. The van der Waals surface area contributed by atoms with Crippen LogP contribution < -0.4 is 5.73 Å². The molecule has 11 heteroatoms. The molecule has 5 N–H and O–H groups in total. The number of hydrogen-bond donors (Lipinski definition) is 4. The number of fused-ring (bicyclic) bond motifs is 3. The summed E-state index contributed by atoms with van der Waals surface area (Å²) in [6, 6.07) is 2.22. The molecule has 0 aliphatic heterocycles. The molecule has 0 aromatic heterocycles. The van der Waals surface area contributed by atoms with Gasteiger partial charge in [-0.15, -0.1) is 0 Å². The number of phenolic OH excluding ortho intramolecular Hbond substituents is 1. The van der Waals surface area contributed by atoms with Gasteiger partial charge in [-0.2, -0.15) is 0 Å². The highest BCUT2D eigenvalue weighted by atomic mass is 127. The number of aromatic hydroxyl groups is 1. The van der Waals surface area contributed by atoms with E-state index in [0.29, 0.717) is 18.6 Å². The van der Waals surface area contributed by atoms with E-state index in [1.165, 1.54) is 6.07 Å². The minimum atomic E-state index is -2.60. The van der Waals surface area contributed by atoms with Crippen LogP contribution in [0.1, 0.15) is 29.3 Å². The van der Waals surface area contributed by atoms with Gasteiger partial charge < -0.3 is 30.5 Å². The number of carbonyl (C=O) groups excluding carboxylic acids is 3. The van der Waals surface area contributed by atoms with E-state index in [4.69, 9.17) is 15.2 Å². The van der Waals surface area contributed by atoms with Crippen LogP contribution in [-0.2, 0) is 25.5 Å². The number of allylic oxidation sites excluding steroid dienone is 1. The molecule has 198 valence electrons. The first kappa shape index (κ1) is 27.1. The number of aliphatic hydroxyl groups is 2. The monoisotopic (exact) mass is 624 g/mol. The molecule has 0 heterocycles. The number of carbonyl (C=O) groups is 3. The molecule has 3 aliphatic carbocycles. The van der Waals surface area contributed by atoms with Crippen molar-refractivity contribution in [2.45, 2.75) is 31.4 Å². The summed E-state index contributed by atoms with van der Waals surface area (Å²) < 4.78 is 12.0. The smallest absolute Gasteiger partial charge is 0.255 e. The molecule has 4 atom stereocenters. The van der Waals surface area contributed by atoms with Crippen molar-refractivity contribution in [2.24, 2.45) is 17.6 Å². The third kappa shape index (κ3) is 4.12. The molecule has 0 radical (unpaired) electrons. The zero-order chi connectivity index (χ0) is 27.4. The first-order chi connectivity index (χ1) is 17.4. The summed E-state index contributed by atoms with van der Waals surface area (Å²) >= 11 is 2.08. The summed E-state index contributed by atoms with van der Waals surface area (Å²) in [6.45, 7) is 5.70. The number of aliphatic hydroxyl groups excluding tert-OH is 1. The average Bonchev–Trinajstić information content (AvgIpc) is 2.81. The molecule has 0 spiro atoms. The second kappa shape index (κ2) is 9.76. The molecule has 1 aromatic rings. The molecule has 0 unspecified atom stereocenters. The number of primary amides is 1. The van der Waals surface area contributed by atoms with E-state index < -0.39 is 52.3 Å². The number of amides is 1. The Morgan fingerprint density at radius 1 is 1.30 bits per heavy atom. The lowest BCUT2D eigenvalue weighted by Gasteiger charge is -2.50. The fraction of sp³-hybridized carbons (Fsp3) is 0.423. The Labute approximate surface area is 227 Å². The third-order valence-corrected chi connectivity index (χ3v) is 8.28. The number of phenols is 1. The molecule has 1 aromatic carbocycles. The molecule has 0 fully saturated rings. The SMILES string of the molecule is C=C(COC1=C(C(N)=O)C(=O)[C@@]2(O)C(O)=C3C(=O)c4c(O)ccc(I)c4C[C@H]3C[C@H]2[C@@H]1N(C)C)OCC. The van der Waals surface area contributed by atoms with Gasteiger partial charge in [0, 0.05) is 15.1 Å². The number of hydrogen-bond acceptors (Lipinski definition) is 9. The van der Waals surface area contributed by atoms with E-state index in [2.05, 4.69) is 29.2 Å². The highest BCUT2D eigenvalue weighted by Gasteiger charge is 2.63. The van der Waals surface area contributed by atoms with E-state index in [9.17, 15) is 29.7 Å². The van der Waals surface area contributed by atoms with Crippen molar-refractivity contribution in [2.75, 3.05) is 27.3 Å². The van der Waals surface area contributed by atoms with Gasteiger partial charge in [0.05, 0.1) is 18.2 Å². The number of Topliss-reactive ketones (excluding diaryl/α,β-unsaturated/α-hetero) is 2. The quantitative estimate of drug-likeness (QED) is 0.201. The molecule has 37 heavy (non-hydrogen) atoms. The molecule has 4 rings (SSSR count). The van der Waals surface area contributed by atoms with Crippen LogP contribution in [0.5, 0.6) is 5.75 Å². The fourth-order valence-corrected chi connectivity index (χ4v) is 6.42. The number of ether oxygens (including phenoxy) is 2. The first-order valence-corrected chi connectivity index (χ1v) is 12.8. The summed E-state index contributed by atoms with van der Waals surface area (Å²) in [4.78, 5) is 41.4. The van der Waals surface area contributed by atoms with Crippen LogP contribution in [0.4, 0.5) is 0 Å². The Bertz CT molecular complexity index is 1280. The van der Waals surface area contributed by atoms with Gasteiger partial charge in [0.1, 0.15) is 35.2 Å². The number of ketones is 2. The number of benzene rings is 1. The molecule has 1 amide bonds. The van der Waals surface area contributed by atoms with Crippen molar-refractivity contribution in [3.05, 3.63) is 61.8 Å². The number of rotatable bonds is 7. The van der Waals surface area contributed by atoms with Crippen molar-refractivity contribution < 1.29 is 39.2 Å². The Hall–Kier alpha value is -2.90. The highest BCUT2D eigenvalue weighted by Crippen LogP contribution is 2.53. The van der Waals surface area contributed by atoms with Gasteiger partial charge in [-0.05, 0) is 80.1 Å². The fourth-order valence-electron chi connectivity index (χ4n) is 5.75. The van der Waals surface area contributed by atoms with Crippen LogP contribution >= 0.6 is 22.6 Å². The largest absolute Gasteiger partial charge is 0.508 e. The lowest BCUT2D eigenvalue weighted by molar-refractivity contribution is -0.149. The van der Waals surface area contributed by atoms with Crippen LogP contribution in [-0.4, -0.2) is 76.6 Å². The minimum Gasteiger partial charge on any atom is -0.508 e. The molecular weight excluding hydrogens is 595 g/mol. The average molecular weight is 624 g/mol. The van der Waals surface area contributed by atoms with Crippen molar-refractivity contribution in [3.8, 4) is 5.75 Å². The predicted octanol–water partition coefficient (Wildman–Crippen LogP) is 1.73. The minimum absolute atomic E-state index is 0.0308. The number of likely N-dealkylation sites (N-methyl/N-ethyl adjacent to an activating group) is 1. The van der Waals surface area contributed by atoms with Gasteiger partial charge in [0.25, 0.3) is 5.91 Å². The molecule has 10 nitrogen and oxygen atoms in total. The Kier molecular flexibility index (Phi) is 7.16.